The molecule has 2 unspecified atom stereocenters. The minimum absolute atomic E-state index is 0.00261. The topological polar surface area (TPSA) is 171 Å². The van der Waals surface area contributed by atoms with Gasteiger partial charge in [0.2, 0.25) is 18.5 Å². The van der Waals surface area contributed by atoms with Crippen molar-refractivity contribution < 1.29 is 69.9 Å². The number of hydrogen-bond acceptors (Lipinski definition) is 12. The zero-order valence-corrected chi connectivity index (χ0v) is 23.1. The number of anilines is 1. The predicted molar refractivity (Wildman–Crippen MR) is 131 cm³/mol. The average molecular weight is 611 g/mol. The lowest BCUT2D eigenvalue weighted by Crippen LogP contribution is -2.50. The van der Waals surface area contributed by atoms with E-state index in [9.17, 15) is 36.7 Å². The number of amides is 1. The van der Waals surface area contributed by atoms with E-state index in [1.807, 2.05) is 0 Å². The molecular formula is C25H30F4N2O11. The Morgan fingerprint density at radius 3 is 1.90 bits per heavy atom. The summed E-state index contributed by atoms with van der Waals surface area (Å²) in [6.45, 7) is 4.36. The van der Waals surface area contributed by atoms with Crippen molar-refractivity contribution in [1.29, 1.82) is 0 Å². The van der Waals surface area contributed by atoms with E-state index in [2.05, 4.69) is 5.32 Å². The second-order valence-electron chi connectivity index (χ2n) is 8.50. The van der Waals surface area contributed by atoms with Crippen LogP contribution in [0.3, 0.4) is 0 Å². The Labute approximate surface area is 237 Å². The molecule has 1 aliphatic heterocycles. The van der Waals surface area contributed by atoms with Crippen LogP contribution in [0.1, 0.15) is 38.1 Å². The number of carbonyl (C=O) groups excluding carboxylic acids is 4. The number of nitrogen functional groups attached to an aromatic ring is 1. The molecule has 0 bridgehead atoms. The highest BCUT2D eigenvalue weighted by molar-refractivity contribution is 5.95. The van der Waals surface area contributed by atoms with Gasteiger partial charge in [-0.2, -0.15) is 0 Å². The second kappa shape index (κ2) is 15.9. The van der Waals surface area contributed by atoms with Gasteiger partial charge in [0, 0.05) is 27.3 Å². The first-order valence-corrected chi connectivity index (χ1v) is 12.3. The lowest BCUT2D eigenvalue weighted by molar-refractivity contribution is -0.235. The minimum atomic E-state index is -1.92. The largest absolute Gasteiger partial charge is 0.462 e. The highest BCUT2D eigenvalue weighted by Gasteiger charge is 2.46. The molecule has 1 aromatic carbocycles. The third kappa shape index (κ3) is 9.28. The summed E-state index contributed by atoms with van der Waals surface area (Å²) in [7, 11) is 0. The van der Waals surface area contributed by atoms with E-state index in [1.54, 1.807) is 0 Å². The van der Waals surface area contributed by atoms with E-state index in [1.165, 1.54) is 6.92 Å². The van der Waals surface area contributed by atoms with E-state index >= 15 is 0 Å². The van der Waals surface area contributed by atoms with Gasteiger partial charge in [-0.3, -0.25) is 19.2 Å². The van der Waals surface area contributed by atoms with Gasteiger partial charge in [-0.15, -0.1) is 0 Å². The monoisotopic (exact) mass is 610 g/mol. The molecule has 3 atom stereocenters. The molecule has 1 heterocycles. The number of nitrogens with one attached hydrogen (secondary N) is 1. The number of esters is 3. The smallest absolute Gasteiger partial charge is 0.307 e. The normalized spacial score (nSPS) is 18.2. The fourth-order valence-corrected chi connectivity index (χ4v) is 3.53. The average Bonchev–Trinajstić information content (AvgIpc) is 2.90. The quantitative estimate of drug-likeness (QED) is 0.0780. The van der Waals surface area contributed by atoms with Crippen molar-refractivity contribution in [2.45, 2.75) is 46.2 Å². The molecule has 13 nitrogen and oxygen atoms in total. The molecule has 0 aliphatic carbocycles. The Kier molecular flexibility index (Phi) is 12.9. The lowest BCUT2D eigenvalue weighted by atomic mass is 10.1. The highest BCUT2D eigenvalue weighted by Crippen LogP contribution is 2.31. The van der Waals surface area contributed by atoms with Crippen molar-refractivity contribution in [1.82, 2.24) is 5.32 Å². The maximum atomic E-state index is 13.8. The van der Waals surface area contributed by atoms with E-state index in [-0.39, 0.29) is 51.1 Å². The van der Waals surface area contributed by atoms with Crippen molar-refractivity contribution in [2.24, 2.45) is 0 Å². The van der Waals surface area contributed by atoms with Crippen molar-refractivity contribution in [3.8, 4) is 0 Å². The van der Waals surface area contributed by atoms with Crippen LogP contribution >= 0.6 is 0 Å². The molecule has 0 spiro atoms. The van der Waals surface area contributed by atoms with Crippen molar-refractivity contribution in [3.63, 3.8) is 0 Å². The van der Waals surface area contributed by atoms with Crippen LogP contribution in [-0.2, 0) is 47.5 Å². The SMILES string of the molecule is CC(=O)OC1=C(C)OC(OCCOCCOCCNC(=O)c2c(F)c(F)c(N)c(F)c2F)[C@@H](OC(C)=O)C1OC(C)=O. The maximum absolute atomic E-state index is 13.8. The molecule has 0 saturated carbocycles. The number of rotatable bonds is 14. The summed E-state index contributed by atoms with van der Waals surface area (Å²) < 4.78 is 91.9. The zero-order chi connectivity index (χ0) is 31.6. The van der Waals surface area contributed by atoms with Crippen LogP contribution in [-0.4, -0.2) is 81.9 Å². The molecular weight excluding hydrogens is 580 g/mol. The molecule has 0 radical (unpaired) electrons. The van der Waals surface area contributed by atoms with Crippen molar-refractivity contribution >= 4 is 29.5 Å². The summed E-state index contributed by atoms with van der Waals surface area (Å²) in [6, 6.07) is 0. The van der Waals surface area contributed by atoms with Gasteiger partial charge in [-0.25, -0.2) is 17.6 Å². The number of nitrogens with two attached hydrogens (primary N) is 1. The number of ether oxygens (including phenoxy) is 7. The van der Waals surface area contributed by atoms with Crippen LogP contribution in [0.25, 0.3) is 0 Å². The van der Waals surface area contributed by atoms with Crippen LogP contribution in [0.5, 0.6) is 0 Å². The van der Waals surface area contributed by atoms with Gasteiger partial charge in [0.25, 0.3) is 5.91 Å². The molecule has 17 heteroatoms. The van der Waals surface area contributed by atoms with E-state index in [0.29, 0.717) is 0 Å². The first-order chi connectivity index (χ1) is 19.8. The molecule has 2 rings (SSSR count). The Balaban J connectivity index is 1.77. The number of carbonyl (C=O) groups is 4. The summed E-state index contributed by atoms with van der Waals surface area (Å²) in [6.07, 6.45) is -3.89. The standard InChI is InChI=1S/C25H30F4N2O11/c1-11-21(40-12(2)32)22(41-13(3)33)23(42-14(4)34)25(39-11)38-10-9-37-8-7-36-6-5-31-24(35)15-16(26)18(28)20(30)19(29)17(15)27/h22-23,25H,5-10,30H2,1-4H3,(H,31,35)/t22?,23-,25?/m0/s1. The molecule has 3 N–H and O–H groups in total. The number of allylic oxidation sites excluding steroid dienone is 1. The highest BCUT2D eigenvalue weighted by atomic mass is 19.2. The summed E-state index contributed by atoms with van der Waals surface area (Å²) in [5.41, 5.74) is 2.07. The molecule has 1 amide bonds. The van der Waals surface area contributed by atoms with Gasteiger partial charge in [-0.1, -0.05) is 0 Å². The van der Waals surface area contributed by atoms with Gasteiger partial charge in [-0.05, 0) is 6.92 Å². The first kappa shape index (κ1) is 34.2. The first-order valence-electron chi connectivity index (χ1n) is 12.3. The molecule has 234 valence electrons. The summed E-state index contributed by atoms with van der Waals surface area (Å²) in [4.78, 5) is 46.8. The molecule has 1 aliphatic rings. The Morgan fingerprint density at radius 2 is 1.36 bits per heavy atom. The Hall–Kier alpha value is -3.96. The van der Waals surface area contributed by atoms with Crippen molar-refractivity contribution in [3.05, 3.63) is 40.4 Å². The van der Waals surface area contributed by atoms with Gasteiger partial charge >= 0.3 is 17.9 Å². The third-order valence-electron chi connectivity index (χ3n) is 5.25. The maximum Gasteiger partial charge on any atom is 0.307 e. The Morgan fingerprint density at radius 1 is 0.810 bits per heavy atom. The fraction of sp³-hybridized carbons (Fsp3) is 0.520. The molecule has 1 aromatic rings. The van der Waals surface area contributed by atoms with Gasteiger partial charge < -0.3 is 44.2 Å². The van der Waals surface area contributed by atoms with Gasteiger partial charge in [0.1, 0.15) is 17.0 Å². The zero-order valence-electron chi connectivity index (χ0n) is 23.1. The number of hydrogen-bond donors (Lipinski definition) is 2. The summed E-state index contributed by atoms with van der Waals surface area (Å²) in [5.74, 6) is -11.3. The fourth-order valence-electron chi connectivity index (χ4n) is 3.53. The minimum Gasteiger partial charge on any atom is -0.462 e. The van der Waals surface area contributed by atoms with E-state index in [4.69, 9.17) is 38.9 Å². The van der Waals surface area contributed by atoms with Crippen LogP contribution in [0.15, 0.2) is 11.5 Å². The number of benzene rings is 1. The van der Waals surface area contributed by atoms with E-state index in [0.717, 1.165) is 20.8 Å². The van der Waals surface area contributed by atoms with Crippen LogP contribution in [0.4, 0.5) is 23.2 Å². The summed E-state index contributed by atoms with van der Waals surface area (Å²) in [5, 5.41) is 2.06. The number of halogens is 4. The van der Waals surface area contributed by atoms with Crippen LogP contribution in [0.2, 0.25) is 0 Å². The molecule has 42 heavy (non-hydrogen) atoms. The van der Waals surface area contributed by atoms with Crippen LogP contribution in [0, 0.1) is 23.3 Å². The second-order valence-corrected chi connectivity index (χ2v) is 8.50. The lowest BCUT2D eigenvalue weighted by Gasteiger charge is -2.37. The third-order valence-corrected chi connectivity index (χ3v) is 5.25. The predicted octanol–water partition coefficient (Wildman–Crippen LogP) is 1.62. The molecule has 0 saturated heterocycles. The summed E-state index contributed by atoms with van der Waals surface area (Å²) >= 11 is 0. The van der Waals surface area contributed by atoms with Gasteiger partial charge in [0.05, 0.1) is 33.0 Å². The Bertz CT molecular complexity index is 1180. The molecule has 0 aromatic heterocycles. The van der Waals surface area contributed by atoms with Crippen LogP contribution < -0.4 is 11.1 Å². The van der Waals surface area contributed by atoms with Gasteiger partial charge in [0.15, 0.2) is 29.0 Å². The molecule has 0 fully saturated rings. The van der Waals surface area contributed by atoms with Crippen molar-refractivity contribution in [2.75, 3.05) is 45.3 Å². The van der Waals surface area contributed by atoms with E-state index < -0.39 is 76.8 Å².